The van der Waals surface area contributed by atoms with Crippen molar-refractivity contribution in [3.8, 4) is 0 Å². The summed E-state index contributed by atoms with van der Waals surface area (Å²) in [6.45, 7) is 0. The average molecular weight is 284 g/mol. The van der Waals surface area contributed by atoms with Gasteiger partial charge in [0.25, 0.3) is 5.91 Å². The van der Waals surface area contributed by atoms with Gasteiger partial charge in [0.15, 0.2) is 5.82 Å². The first kappa shape index (κ1) is 13.1. The Hall–Kier alpha value is -2.35. The summed E-state index contributed by atoms with van der Waals surface area (Å²) in [5.41, 5.74) is -0.519. The monoisotopic (exact) mass is 284 g/mol. The summed E-state index contributed by atoms with van der Waals surface area (Å²) >= 11 is 0.908. The van der Waals surface area contributed by atoms with Crippen LogP contribution in [0.15, 0.2) is 23.7 Å². The van der Waals surface area contributed by atoms with Crippen LogP contribution in [-0.2, 0) is 0 Å². The van der Waals surface area contributed by atoms with Crippen LogP contribution in [0.2, 0.25) is 0 Å². The Kier molecular flexibility index (Phi) is 3.52. The maximum absolute atomic E-state index is 13.3. The minimum absolute atomic E-state index is 0.0270. The van der Waals surface area contributed by atoms with Crippen molar-refractivity contribution in [1.29, 1.82) is 0 Å². The number of carbonyl (C=O) groups is 2. The van der Waals surface area contributed by atoms with E-state index in [1.54, 1.807) is 0 Å². The number of hydrogen-bond donors (Lipinski definition) is 2. The van der Waals surface area contributed by atoms with Crippen LogP contribution in [0.25, 0.3) is 0 Å². The van der Waals surface area contributed by atoms with Crippen molar-refractivity contribution in [2.75, 3.05) is 5.32 Å². The number of hydrogen-bond acceptors (Lipinski definition) is 4. The third-order valence-electron chi connectivity index (χ3n) is 2.20. The molecule has 0 aromatic carbocycles. The van der Waals surface area contributed by atoms with Gasteiger partial charge in [-0.1, -0.05) is 0 Å². The summed E-state index contributed by atoms with van der Waals surface area (Å²) in [6, 6.07) is 2.36. The largest absolute Gasteiger partial charge is 0.477 e. The number of carboxylic acid groups (broad SMARTS) is 1. The maximum Gasteiger partial charge on any atom is 0.348 e. The Morgan fingerprint density at radius 2 is 2.05 bits per heavy atom. The van der Waals surface area contributed by atoms with Gasteiger partial charge in [-0.05, 0) is 17.5 Å². The smallest absolute Gasteiger partial charge is 0.348 e. The second kappa shape index (κ2) is 5.11. The average Bonchev–Trinajstić information content (AvgIpc) is 2.80. The highest BCUT2D eigenvalue weighted by Crippen LogP contribution is 2.23. The van der Waals surface area contributed by atoms with Crippen molar-refractivity contribution in [1.82, 2.24) is 4.98 Å². The van der Waals surface area contributed by atoms with Crippen LogP contribution in [0, 0.1) is 11.8 Å². The number of carboxylic acids is 1. The number of aromatic carboxylic acids is 1. The highest BCUT2D eigenvalue weighted by Gasteiger charge is 2.19. The second-order valence-corrected chi connectivity index (χ2v) is 4.30. The molecule has 0 aliphatic carbocycles. The predicted molar refractivity (Wildman–Crippen MR) is 63.4 cm³/mol. The van der Waals surface area contributed by atoms with E-state index in [2.05, 4.69) is 10.3 Å². The molecule has 5 nitrogen and oxygen atoms in total. The molecule has 0 aliphatic rings. The number of carbonyl (C=O) groups excluding carboxylic acids is 1. The summed E-state index contributed by atoms with van der Waals surface area (Å²) < 4.78 is 26.2. The van der Waals surface area contributed by atoms with E-state index >= 15 is 0 Å². The minimum atomic E-state index is -1.39. The Balaban J connectivity index is 2.29. The van der Waals surface area contributed by atoms with Crippen molar-refractivity contribution in [2.24, 2.45) is 0 Å². The lowest BCUT2D eigenvalue weighted by atomic mass is 10.2. The third kappa shape index (κ3) is 2.58. The molecule has 0 saturated carbocycles. The van der Waals surface area contributed by atoms with E-state index in [4.69, 9.17) is 5.11 Å². The number of rotatable bonds is 3. The van der Waals surface area contributed by atoms with E-state index in [-0.39, 0.29) is 10.6 Å². The predicted octanol–water partition coefficient (Wildman–Crippen LogP) is 2.37. The number of anilines is 1. The van der Waals surface area contributed by atoms with E-state index in [1.165, 1.54) is 11.4 Å². The fourth-order valence-corrected chi connectivity index (χ4v) is 2.04. The zero-order valence-electron chi connectivity index (χ0n) is 9.18. The molecular weight excluding hydrogens is 278 g/mol. The first-order valence-electron chi connectivity index (χ1n) is 4.93. The topological polar surface area (TPSA) is 79.3 Å². The van der Waals surface area contributed by atoms with Crippen LogP contribution in [0.4, 0.5) is 14.5 Å². The van der Waals surface area contributed by atoms with Crippen molar-refractivity contribution in [2.45, 2.75) is 0 Å². The van der Waals surface area contributed by atoms with Crippen molar-refractivity contribution in [3.05, 3.63) is 45.9 Å². The molecule has 0 aliphatic heterocycles. The van der Waals surface area contributed by atoms with E-state index in [0.717, 1.165) is 23.6 Å². The highest BCUT2D eigenvalue weighted by molar-refractivity contribution is 7.12. The first-order valence-corrected chi connectivity index (χ1v) is 5.81. The molecule has 0 bridgehead atoms. The molecule has 1 amide bonds. The van der Waals surface area contributed by atoms with Gasteiger partial charge < -0.3 is 10.4 Å². The van der Waals surface area contributed by atoms with Crippen LogP contribution in [0.3, 0.4) is 0 Å². The van der Waals surface area contributed by atoms with E-state index in [1.807, 2.05) is 0 Å². The lowest BCUT2D eigenvalue weighted by Gasteiger charge is -2.05. The van der Waals surface area contributed by atoms with Gasteiger partial charge in [-0.2, -0.15) is 4.39 Å². The molecule has 0 unspecified atom stereocenters. The van der Waals surface area contributed by atoms with Gasteiger partial charge in [0.2, 0.25) is 5.95 Å². The quantitative estimate of drug-likeness (QED) is 0.848. The van der Waals surface area contributed by atoms with E-state index in [0.29, 0.717) is 0 Å². The number of thiophene rings is 1. The Bertz CT molecular complexity index is 657. The number of halogens is 2. The molecule has 98 valence electrons. The van der Waals surface area contributed by atoms with Crippen LogP contribution in [0.1, 0.15) is 20.0 Å². The highest BCUT2D eigenvalue weighted by atomic mass is 32.1. The summed E-state index contributed by atoms with van der Waals surface area (Å²) in [5, 5.41) is 12.5. The van der Waals surface area contributed by atoms with Crippen LogP contribution in [-0.4, -0.2) is 22.0 Å². The second-order valence-electron chi connectivity index (χ2n) is 3.39. The number of nitrogens with zero attached hydrogens (tertiary/aromatic N) is 1. The Morgan fingerprint density at radius 1 is 1.32 bits per heavy atom. The molecule has 0 atom stereocenters. The molecule has 2 aromatic heterocycles. The fraction of sp³-hybridized carbons (Fsp3) is 0. The normalized spacial score (nSPS) is 10.2. The molecule has 0 radical (unpaired) electrons. The number of aromatic nitrogens is 1. The molecule has 19 heavy (non-hydrogen) atoms. The summed E-state index contributed by atoms with van der Waals surface area (Å²) in [4.78, 5) is 25.5. The molecule has 2 rings (SSSR count). The van der Waals surface area contributed by atoms with E-state index in [9.17, 15) is 18.4 Å². The molecule has 8 heteroatoms. The Labute approximate surface area is 109 Å². The van der Waals surface area contributed by atoms with Crippen molar-refractivity contribution in [3.63, 3.8) is 0 Å². The maximum atomic E-state index is 13.3. The fourth-order valence-electron chi connectivity index (χ4n) is 1.36. The van der Waals surface area contributed by atoms with Crippen LogP contribution >= 0.6 is 11.3 Å². The first-order chi connectivity index (χ1) is 9.00. The number of pyridine rings is 1. The molecule has 2 aromatic rings. The lowest BCUT2D eigenvalue weighted by molar-refractivity contribution is 0.0703. The Morgan fingerprint density at radius 3 is 2.74 bits per heavy atom. The third-order valence-corrected chi connectivity index (χ3v) is 3.10. The van der Waals surface area contributed by atoms with E-state index < -0.39 is 29.2 Å². The summed E-state index contributed by atoms with van der Waals surface area (Å²) in [7, 11) is 0. The van der Waals surface area contributed by atoms with Crippen molar-refractivity contribution >= 4 is 28.9 Å². The molecule has 0 fully saturated rings. The van der Waals surface area contributed by atoms with Gasteiger partial charge in [0.05, 0.1) is 11.3 Å². The summed E-state index contributed by atoms with van der Waals surface area (Å²) in [5.74, 6) is -4.94. The van der Waals surface area contributed by atoms with Crippen LogP contribution in [0.5, 0.6) is 0 Å². The lowest BCUT2D eigenvalue weighted by Crippen LogP contribution is -2.16. The molecule has 0 saturated heterocycles. The van der Waals surface area contributed by atoms with Gasteiger partial charge >= 0.3 is 5.97 Å². The molecule has 2 N–H and O–H groups in total. The number of nitrogens with one attached hydrogen (secondary N) is 1. The molecule has 0 spiro atoms. The minimum Gasteiger partial charge on any atom is -0.477 e. The molecular formula is C11H6F2N2O3S. The van der Waals surface area contributed by atoms with Gasteiger partial charge in [-0.3, -0.25) is 4.79 Å². The zero-order valence-corrected chi connectivity index (χ0v) is 10.0. The van der Waals surface area contributed by atoms with Gasteiger partial charge in [0, 0.05) is 6.20 Å². The van der Waals surface area contributed by atoms with Crippen LogP contribution < -0.4 is 5.32 Å². The zero-order chi connectivity index (χ0) is 14.0. The SMILES string of the molecule is O=C(Nc1ccsc1C(=O)O)c1ccnc(F)c1F. The van der Waals surface area contributed by atoms with Gasteiger partial charge in [-0.15, -0.1) is 11.3 Å². The van der Waals surface area contributed by atoms with Gasteiger partial charge in [-0.25, -0.2) is 14.2 Å². The standard InChI is InChI=1S/C11H6F2N2O3S/c12-7-5(1-3-14-9(7)13)10(16)15-6-2-4-19-8(6)11(17)18/h1-4H,(H,15,16)(H,17,18). The van der Waals surface area contributed by atoms with Gasteiger partial charge in [0.1, 0.15) is 4.88 Å². The number of amides is 1. The van der Waals surface area contributed by atoms with Crippen molar-refractivity contribution < 1.29 is 23.5 Å². The summed E-state index contributed by atoms with van der Waals surface area (Å²) in [6.07, 6.45) is 0.944. The molecule has 2 heterocycles.